The summed E-state index contributed by atoms with van der Waals surface area (Å²) in [5.74, 6) is 0.789. The highest BCUT2D eigenvalue weighted by molar-refractivity contribution is 5.94. The van der Waals surface area contributed by atoms with E-state index in [0.717, 1.165) is 28.2 Å². The predicted molar refractivity (Wildman–Crippen MR) is 125 cm³/mol. The van der Waals surface area contributed by atoms with Crippen molar-refractivity contribution in [3.63, 3.8) is 0 Å². The van der Waals surface area contributed by atoms with Gasteiger partial charge >= 0.3 is 0 Å². The molecule has 2 aromatic carbocycles. The van der Waals surface area contributed by atoms with E-state index in [9.17, 15) is 4.79 Å². The van der Waals surface area contributed by atoms with Crippen molar-refractivity contribution < 1.29 is 14.3 Å². The van der Waals surface area contributed by atoms with Crippen LogP contribution in [0.25, 0.3) is 16.9 Å². The number of carbonyl (C=O) groups excluding carboxylic acids is 1. The monoisotopic (exact) mass is 444 g/mol. The van der Waals surface area contributed by atoms with Gasteiger partial charge in [-0.3, -0.25) is 9.89 Å². The summed E-state index contributed by atoms with van der Waals surface area (Å²) in [7, 11) is 3.14. The Hall–Kier alpha value is -4.40. The van der Waals surface area contributed by atoms with Crippen LogP contribution in [0.2, 0.25) is 0 Å². The van der Waals surface area contributed by atoms with Crippen LogP contribution in [0.5, 0.6) is 11.5 Å². The molecule has 0 aliphatic heterocycles. The van der Waals surface area contributed by atoms with E-state index in [-0.39, 0.29) is 5.69 Å². The second kappa shape index (κ2) is 9.39. The third-order valence-corrected chi connectivity index (χ3v) is 5.21. The lowest BCUT2D eigenvalue weighted by atomic mass is 10.1. The van der Waals surface area contributed by atoms with Crippen LogP contribution < -0.4 is 14.9 Å². The summed E-state index contributed by atoms with van der Waals surface area (Å²) in [6.07, 6.45) is 1.60. The van der Waals surface area contributed by atoms with E-state index in [1.54, 1.807) is 38.6 Å². The maximum atomic E-state index is 12.5. The van der Waals surface area contributed by atoms with Crippen molar-refractivity contribution in [1.29, 1.82) is 0 Å². The fourth-order valence-electron chi connectivity index (χ4n) is 3.46. The topological polar surface area (TPSA) is 106 Å². The normalized spacial score (nSPS) is 11.0. The number of ether oxygens (including phenoxy) is 2. The lowest BCUT2D eigenvalue weighted by molar-refractivity contribution is 0.0950. The number of hydrazone groups is 1. The zero-order chi connectivity index (χ0) is 23.4. The maximum Gasteiger partial charge on any atom is 0.289 e. The molecule has 2 N–H and O–H groups in total. The first kappa shape index (κ1) is 21.8. The molecule has 1 amide bonds. The Balaban J connectivity index is 1.47. The number of nitrogens with zero attached hydrogens (tertiary/aromatic N) is 4. The quantitative estimate of drug-likeness (QED) is 0.334. The number of benzene rings is 2. The molecule has 0 bridgehead atoms. The lowest BCUT2D eigenvalue weighted by Gasteiger charge is -2.08. The number of aromatic amines is 1. The second-order valence-electron chi connectivity index (χ2n) is 7.27. The average molecular weight is 444 g/mol. The van der Waals surface area contributed by atoms with Crippen molar-refractivity contribution in [1.82, 2.24) is 25.4 Å². The number of hydrogen-bond acceptors (Lipinski definition) is 6. The van der Waals surface area contributed by atoms with Gasteiger partial charge in [-0.25, -0.2) is 10.1 Å². The van der Waals surface area contributed by atoms with Gasteiger partial charge in [0.05, 0.1) is 43.2 Å². The minimum atomic E-state index is -0.406. The van der Waals surface area contributed by atoms with Gasteiger partial charge in [-0.05, 0) is 50.2 Å². The smallest absolute Gasteiger partial charge is 0.289 e. The molecular weight excluding hydrogens is 420 g/mol. The molecule has 0 fully saturated rings. The van der Waals surface area contributed by atoms with Gasteiger partial charge in [0.25, 0.3) is 5.91 Å². The maximum absolute atomic E-state index is 12.5. The van der Waals surface area contributed by atoms with E-state index in [0.29, 0.717) is 17.2 Å². The van der Waals surface area contributed by atoms with Gasteiger partial charge in [0.1, 0.15) is 5.69 Å². The van der Waals surface area contributed by atoms with Crippen LogP contribution in [0.1, 0.15) is 27.4 Å². The van der Waals surface area contributed by atoms with Crippen molar-refractivity contribution in [3.05, 3.63) is 77.2 Å². The van der Waals surface area contributed by atoms with Gasteiger partial charge in [0, 0.05) is 11.1 Å². The summed E-state index contributed by atoms with van der Waals surface area (Å²) < 4.78 is 12.4. The molecule has 0 saturated carbocycles. The van der Waals surface area contributed by atoms with E-state index in [1.165, 1.54) is 0 Å². The molecule has 168 valence electrons. The Kier molecular flexibility index (Phi) is 6.21. The fraction of sp³-hybridized carbons (Fsp3) is 0.167. The summed E-state index contributed by atoms with van der Waals surface area (Å²) in [6.45, 7) is 3.86. The van der Waals surface area contributed by atoms with Crippen LogP contribution in [-0.4, -0.2) is 46.3 Å². The molecule has 33 heavy (non-hydrogen) atoms. The number of carbonyl (C=O) groups is 1. The Morgan fingerprint density at radius 3 is 2.55 bits per heavy atom. The summed E-state index contributed by atoms with van der Waals surface area (Å²) in [5.41, 5.74) is 7.74. The summed E-state index contributed by atoms with van der Waals surface area (Å²) >= 11 is 0. The van der Waals surface area contributed by atoms with Crippen molar-refractivity contribution in [3.8, 4) is 28.4 Å². The van der Waals surface area contributed by atoms with Crippen molar-refractivity contribution >= 4 is 12.1 Å². The molecule has 0 aliphatic rings. The zero-order valence-electron chi connectivity index (χ0n) is 18.8. The van der Waals surface area contributed by atoms with Crippen LogP contribution >= 0.6 is 0 Å². The minimum absolute atomic E-state index is 0.283. The number of rotatable bonds is 7. The molecule has 9 nitrogen and oxygen atoms in total. The molecule has 9 heteroatoms. The molecule has 4 aromatic rings. The molecular formula is C24H24N6O3. The van der Waals surface area contributed by atoms with Crippen molar-refractivity contribution in [2.45, 2.75) is 13.8 Å². The highest BCUT2D eigenvalue weighted by atomic mass is 16.5. The van der Waals surface area contributed by atoms with E-state index in [4.69, 9.17) is 9.47 Å². The summed E-state index contributed by atoms with van der Waals surface area (Å²) in [6, 6.07) is 16.9. The SMILES string of the molecule is COc1ccc(-c2cc(C(=O)N/N=C/c3c(C)nn(-c4ccccc4)c3C)[nH]n2)cc1OC. The number of para-hydroxylation sites is 1. The van der Waals surface area contributed by atoms with Gasteiger partial charge < -0.3 is 9.47 Å². The second-order valence-corrected chi connectivity index (χ2v) is 7.27. The number of aromatic nitrogens is 4. The molecule has 0 aliphatic carbocycles. The van der Waals surface area contributed by atoms with E-state index >= 15 is 0 Å². The first-order valence-electron chi connectivity index (χ1n) is 10.2. The molecule has 0 spiro atoms. The van der Waals surface area contributed by atoms with Crippen LogP contribution in [0, 0.1) is 13.8 Å². The number of H-pyrrole nitrogens is 1. The first-order chi connectivity index (χ1) is 16.0. The lowest BCUT2D eigenvalue weighted by Crippen LogP contribution is -2.18. The van der Waals surface area contributed by atoms with Gasteiger partial charge in [0.15, 0.2) is 11.5 Å². The highest BCUT2D eigenvalue weighted by Crippen LogP contribution is 2.31. The number of nitrogens with one attached hydrogen (secondary N) is 2. The van der Waals surface area contributed by atoms with Crippen molar-refractivity contribution in [2.24, 2.45) is 5.10 Å². The van der Waals surface area contributed by atoms with Gasteiger partial charge in [-0.2, -0.15) is 15.3 Å². The molecule has 0 saturated heterocycles. The third kappa shape index (κ3) is 4.47. The van der Waals surface area contributed by atoms with Gasteiger partial charge in [-0.1, -0.05) is 18.2 Å². The number of hydrogen-bond donors (Lipinski definition) is 2. The number of amides is 1. The zero-order valence-corrected chi connectivity index (χ0v) is 18.8. The van der Waals surface area contributed by atoms with Crippen LogP contribution in [0.4, 0.5) is 0 Å². The molecule has 0 atom stereocenters. The Labute approximate surface area is 191 Å². The van der Waals surface area contributed by atoms with Crippen LogP contribution in [0.15, 0.2) is 59.7 Å². The van der Waals surface area contributed by atoms with Crippen LogP contribution in [-0.2, 0) is 0 Å². The van der Waals surface area contributed by atoms with E-state index in [1.807, 2.05) is 54.9 Å². The Morgan fingerprint density at radius 2 is 1.82 bits per heavy atom. The standard InChI is InChI=1S/C24H24N6O3/c1-15-19(16(2)30(29-15)18-8-6-5-7-9-18)14-25-28-24(31)21-13-20(26-27-21)17-10-11-22(32-3)23(12-17)33-4/h5-14H,1-4H3,(H,26,27)(H,28,31)/b25-14+. The molecule has 2 aromatic heterocycles. The summed E-state index contributed by atoms with van der Waals surface area (Å²) in [5, 5.41) is 15.7. The van der Waals surface area contributed by atoms with Crippen LogP contribution in [0.3, 0.4) is 0 Å². The number of methoxy groups -OCH3 is 2. The average Bonchev–Trinajstić information content (AvgIpc) is 3.45. The number of aryl methyl sites for hydroxylation is 1. The first-order valence-corrected chi connectivity index (χ1v) is 10.2. The minimum Gasteiger partial charge on any atom is -0.493 e. The summed E-state index contributed by atoms with van der Waals surface area (Å²) in [4.78, 5) is 12.5. The van der Waals surface area contributed by atoms with E-state index in [2.05, 4.69) is 25.8 Å². The van der Waals surface area contributed by atoms with Gasteiger partial charge in [-0.15, -0.1) is 0 Å². The molecule has 4 rings (SSSR count). The fourth-order valence-corrected chi connectivity index (χ4v) is 3.46. The Morgan fingerprint density at radius 1 is 1.06 bits per heavy atom. The van der Waals surface area contributed by atoms with E-state index < -0.39 is 5.91 Å². The molecule has 0 radical (unpaired) electrons. The van der Waals surface area contributed by atoms with Crippen molar-refractivity contribution in [2.75, 3.05) is 14.2 Å². The third-order valence-electron chi connectivity index (χ3n) is 5.21. The Bertz CT molecular complexity index is 1310. The highest BCUT2D eigenvalue weighted by Gasteiger charge is 2.14. The van der Waals surface area contributed by atoms with Gasteiger partial charge in [0.2, 0.25) is 0 Å². The molecule has 0 unspecified atom stereocenters. The largest absolute Gasteiger partial charge is 0.493 e. The molecule has 2 heterocycles. The predicted octanol–water partition coefficient (Wildman–Crippen LogP) is 3.66.